The molecule has 0 aromatic heterocycles. The molecule has 1 aromatic carbocycles. The number of piperidine rings is 1. The summed E-state index contributed by atoms with van der Waals surface area (Å²) < 4.78 is 6.51. The number of amides is 1. The number of nitrogens with zero attached hydrogens (tertiary/aromatic N) is 1. The van der Waals surface area contributed by atoms with Crippen LogP contribution in [0.25, 0.3) is 0 Å². The van der Waals surface area contributed by atoms with Crippen LogP contribution in [-0.4, -0.2) is 44.8 Å². The Morgan fingerprint density at radius 1 is 1.40 bits per heavy atom. The van der Waals surface area contributed by atoms with Crippen LogP contribution in [0.5, 0.6) is 0 Å². The van der Waals surface area contributed by atoms with Gasteiger partial charge in [0.1, 0.15) is 0 Å². The van der Waals surface area contributed by atoms with Crippen LogP contribution < -0.4 is 15.5 Å². The molecule has 25 heavy (non-hydrogen) atoms. The summed E-state index contributed by atoms with van der Waals surface area (Å²) in [7, 11) is 0. The lowest BCUT2D eigenvalue weighted by Gasteiger charge is -2.31. The predicted molar refractivity (Wildman–Crippen MR) is 106 cm³/mol. The minimum atomic E-state index is 0. The molecule has 7 heteroatoms. The summed E-state index contributed by atoms with van der Waals surface area (Å²) in [4.78, 5) is 14.8. The molecule has 0 bridgehead atoms. The van der Waals surface area contributed by atoms with Gasteiger partial charge in [-0.3, -0.25) is 4.79 Å². The molecule has 0 spiro atoms. The van der Waals surface area contributed by atoms with Crippen molar-refractivity contribution in [3.05, 3.63) is 28.2 Å². The van der Waals surface area contributed by atoms with Crippen molar-refractivity contribution >= 4 is 39.9 Å². The third-order valence-electron chi connectivity index (χ3n) is 4.85. The fraction of sp³-hybridized carbons (Fsp3) is 0.611. The van der Waals surface area contributed by atoms with Crippen LogP contribution >= 0.6 is 28.3 Å². The van der Waals surface area contributed by atoms with E-state index in [1.807, 2.05) is 6.07 Å². The molecule has 2 fully saturated rings. The standard InChI is InChI=1S/C18H26BrN3O2.ClH/c1-13-10-14(4-5-20-13)18(23)21-12-15-2-3-16(19)11-17(15)22-6-8-24-9-7-22;/h2-3,11,13-14,20H,4-10,12H2,1H3,(H,21,23);1H/t13-,14-;/m0./s1. The van der Waals surface area contributed by atoms with Crippen molar-refractivity contribution in [1.82, 2.24) is 10.6 Å². The fourth-order valence-electron chi connectivity index (χ4n) is 3.48. The zero-order valence-electron chi connectivity index (χ0n) is 14.6. The van der Waals surface area contributed by atoms with Gasteiger partial charge in [0.15, 0.2) is 0 Å². The maximum Gasteiger partial charge on any atom is 0.223 e. The number of hydrogen-bond acceptors (Lipinski definition) is 4. The van der Waals surface area contributed by atoms with Crippen LogP contribution in [0.3, 0.4) is 0 Å². The van der Waals surface area contributed by atoms with E-state index >= 15 is 0 Å². The minimum absolute atomic E-state index is 0. The first-order valence-electron chi connectivity index (χ1n) is 8.75. The quantitative estimate of drug-likeness (QED) is 0.768. The predicted octanol–water partition coefficient (Wildman–Crippen LogP) is 2.71. The molecular weight excluding hydrogens is 406 g/mol. The third-order valence-corrected chi connectivity index (χ3v) is 5.34. The smallest absolute Gasteiger partial charge is 0.223 e. The number of ether oxygens (including phenoxy) is 1. The van der Waals surface area contributed by atoms with E-state index in [0.29, 0.717) is 12.6 Å². The number of rotatable bonds is 4. The van der Waals surface area contributed by atoms with Gasteiger partial charge in [-0.2, -0.15) is 0 Å². The van der Waals surface area contributed by atoms with Crippen molar-refractivity contribution in [1.29, 1.82) is 0 Å². The number of nitrogens with one attached hydrogen (secondary N) is 2. The summed E-state index contributed by atoms with van der Waals surface area (Å²) in [6, 6.07) is 6.70. The van der Waals surface area contributed by atoms with Crippen LogP contribution in [-0.2, 0) is 16.1 Å². The van der Waals surface area contributed by atoms with Gasteiger partial charge in [-0.15, -0.1) is 12.4 Å². The zero-order chi connectivity index (χ0) is 16.9. The Morgan fingerprint density at radius 3 is 2.88 bits per heavy atom. The van der Waals surface area contributed by atoms with Gasteiger partial charge in [0.2, 0.25) is 5.91 Å². The summed E-state index contributed by atoms with van der Waals surface area (Å²) in [6.45, 7) is 6.95. The molecule has 2 aliphatic rings. The number of morpholine rings is 1. The van der Waals surface area contributed by atoms with E-state index in [1.165, 1.54) is 5.69 Å². The Bertz CT molecular complexity index is 581. The molecule has 5 nitrogen and oxygen atoms in total. The molecular formula is C18H27BrClN3O2. The maximum atomic E-state index is 12.5. The molecule has 3 rings (SSSR count). The molecule has 0 unspecified atom stereocenters. The Labute approximate surface area is 164 Å². The number of anilines is 1. The highest BCUT2D eigenvalue weighted by molar-refractivity contribution is 9.10. The van der Waals surface area contributed by atoms with Crippen molar-refractivity contribution in [2.24, 2.45) is 5.92 Å². The summed E-state index contributed by atoms with van der Waals surface area (Å²) in [6.07, 6.45) is 1.84. The monoisotopic (exact) mass is 431 g/mol. The number of hydrogen-bond donors (Lipinski definition) is 2. The molecule has 2 saturated heterocycles. The van der Waals surface area contributed by atoms with Gasteiger partial charge >= 0.3 is 0 Å². The van der Waals surface area contributed by atoms with Gasteiger partial charge in [-0.25, -0.2) is 0 Å². The Morgan fingerprint density at radius 2 is 2.16 bits per heavy atom. The summed E-state index contributed by atoms with van der Waals surface area (Å²) in [5.41, 5.74) is 2.35. The lowest BCUT2D eigenvalue weighted by molar-refractivity contribution is -0.126. The topological polar surface area (TPSA) is 53.6 Å². The highest BCUT2D eigenvalue weighted by Gasteiger charge is 2.24. The van der Waals surface area contributed by atoms with Gasteiger partial charge < -0.3 is 20.3 Å². The SMILES string of the molecule is C[C@H]1C[C@@H](C(=O)NCc2ccc(Br)cc2N2CCOCC2)CCN1.Cl. The molecule has 0 aliphatic carbocycles. The van der Waals surface area contributed by atoms with Crippen LogP contribution in [0.15, 0.2) is 22.7 Å². The van der Waals surface area contributed by atoms with Crippen molar-refractivity contribution in [2.45, 2.75) is 32.4 Å². The van der Waals surface area contributed by atoms with E-state index in [2.05, 4.69) is 50.5 Å². The summed E-state index contributed by atoms with van der Waals surface area (Å²) in [5, 5.41) is 6.54. The van der Waals surface area contributed by atoms with Crippen LogP contribution in [0.4, 0.5) is 5.69 Å². The summed E-state index contributed by atoms with van der Waals surface area (Å²) in [5.74, 6) is 0.308. The molecule has 1 amide bonds. The van der Waals surface area contributed by atoms with E-state index in [1.54, 1.807) is 0 Å². The first-order valence-corrected chi connectivity index (χ1v) is 9.55. The lowest BCUT2D eigenvalue weighted by Crippen LogP contribution is -2.42. The van der Waals surface area contributed by atoms with Crippen LogP contribution in [0.2, 0.25) is 0 Å². The van der Waals surface area contributed by atoms with Crippen molar-refractivity contribution in [2.75, 3.05) is 37.7 Å². The molecule has 2 atom stereocenters. The molecule has 140 valence electrons. The van der Waals surface area contributed by atoms with Gasteiger partial charge in [0, 0.05) is 41.8 Å². The Balaban J connectivity index is 0.00000225. The van der Waals surface area contributed by atoms with Crippen molar-refractivity contribution in [3.63, 3.8) is 0 Å². The average Bonchev–Trinajstić information content (AvgIpc) is 2.61. The second-order valence-electron chi connectivity index (χ2n) is 6.67. The second-order valence-corrected chi connectivity index (χ2v) is 7.58. The third kappa shape index (κ3) is 5.58. The Hall–Kier alpha value is -0.820. The van der Waals surface area contributed by atoms with E-state index in [9.17, 15) is 4.79 Å². The van der Waals surface area contributed by atoms with Crippen LogP contribution in [0.1, 0.15) is 25.3 Å². The molecule has 1 aromatic rings. The highest BCUT2D eigenvalue weighted by atomic mass is 79.9. The normalized spacial score (nSPS) is 23.7. The molecule has 0 saturated carbocycles. The largest absolute Gasteiger partial charge is 0.378 e. The number of carbonyl (C=O) groups is 1. The zero-order valence-corrected chi connectivity index (χ0v) is 17.0. The van der Waals surface area contributed by atoms with E-state index in [4.69, 9.17) is 4.74 Å². The fourth-order valence-corrected chi connectivity index (χ4v) is 3.83. The van der Waals surface area contributed by atoms with E-state index in [-0.39, 0.29) is 24.2 Å². The van der Waals surface area contributed by atoms with Crippen molar-refractivity contribution < 1.29 is 9.53 Å². The Kier molecular flexibility index (Phi) is 8.00. The molecule has 0 radical (unpaired) electrons. The molecule has 2 heterocycles. The lowest BCUT2D eigenvalue weighted by atomic mass is 9.92. The second kappa shape index (κ2) is 9.76. The van der Waals surface area contributed by atoms with E-state index < -0.39 is 0 Å². The minimum Gasteiger partial charge on any atom is -0.378 e. The number of carbonyl (C=O) groups excluding carboxylic acids is 1. The van der Waals surface area contributed by atoms with Crippen molar-refractivity contribution in [3.8, 4) is 0 Å². The number of benzene rings is 1. The first-order chi connectivity index (χ1) is 11.6. The van der Waals surface area contributed by atoms with Gasteiger partial charge in [-0.1, -0.05) is 22.0 Å². The van der Waals surface area contributed by atoms with Gasteiger partial charge in [0.25, 0.3) is 0 Å². The average molecular weight is 433 g/mol. The first kappa shape index (κ1) is 20.5. The van der Waals surface area contributed by atoms with E-state index in [0.717, 1.165) is 55.7 Å². The van der Waals surface area contributed by atoms with Gasteiger partial charge in [-0.05, 0) is 44.0 Å². The van der Waals surface area contributed by atoms with Crippen LogP contribution in [0, 0.1) is 5.92 Å². The highest BCUT2D eigenvalue weighted by Crippen LogP contribution is 2.26. The van der Waals surface area contributed by atoms with Gasteiger partial charge in [0.05, 0.1) is 13.2 Å². The maximum absolute atomic E-state index is 12.5. The number of halogens is 2. The summed E-state index contributed by atoms with van der Waals surface area (Å²) >= 11 is 3.56. The molecule has 2 aliphatic heterocycles. The molecule has 2 N–H and O–H groups in total.